The second-order valence-corrected chi connectivity index (χ2v) is 11.9. The molecule has 0 bridgehead atoms. The van der Waals surface area contributed by atoms with E-state index < -0.39 is 16.2 Å². The van der Waals surface area contributed by atoms with E-state index in [2.05, 4.69) is 19.4 Å². The summed E-state index contributed by atoms with van der Waals surface area (Å²) in [6.07, 6.45) is -2.59. The Morgan fingerprint density at radius 1 is 0.943 bits per heavy atom. The summed E-state index contributed by atoms with van der Waals surface area (Å²) in [7, 11) is -2.87. The van der Waals surface area contributed by atoms with Crippen LogP contribution in [0.25, 0.3) is 5.69 Å². The minimum absolute atomic E-state index is 0.260. The number of sulfone groups is 1. The number of benzene rings is 1. The molecular formula is C23H30F3N5O3S. The highest BCUT2D eigenvalue weighted by Gasteiger charge is 2.37. The topological polar surface area (TPSA) is 70.9 Å². The zero-order valence-electron chi connectivity index (χ0n) is 19.6. The van der Waals surface area contributed by atoms with Crippen LogP contribution in [0.5, 0.6) is 5.75 Å². The van der Waals surface area contributed by atoms with E-state index in [4.69, 9.17) is 5.10 Å². The Hall–Kier alpha value is -2.31. The predicted molar refractivity (Wildman–Crippen MR) is 126 cm³/mol. The van der Waals surface area contributed by atoms with Crippen LogP contribution in [-0.2, 0) is 9.84 Å². The molecule has 12 heteroatoms. The molecule has 0 radical (unpaired) electrons. The molecule has 3 saturated heterocycles. The second kappa shape index (κ2) is 9.29. The van der Waals surface area contributed by atoms with Crippen LogP contribution in [-0.4, -0.2) is 97.2 Å². The van der Waals surface area contributed by atoms with Crippen LogP contribution in [0, 0.1) is 6.92 Å². The Labute approximate surface area is 203 Å². The molecular weight excluding hydrogens is 483 g/mol. The number of nitrogens with zero attached hydrogens (tertiary/aromatic N) is 5. The van der Waals surface area contributed by atoms with Crippen molar-refractivity contribution in [2.75, 3.05) is 55.7 Å². The van der Waals surface area contributed by atoms with Gasteiger partial charge < -0.3 is 9.64 Å². The first-order valence-corrected chi connectivity index (χ1v) is 13.7. The fourth-order valence-corrected chi connectivity index (χ4v) is 6.64. The number of hydrogen-bond acceptors (Lipinski definition) is 7. The average molecular weight is 514 g/mol. The van der Waals surface area contributed by atoms with Gasteiger partial charge in [-0.05, 0) is 44.0 Å². The second-order valence-electron chi connectivity index (χ2n) is 9.61. The highest BCUT2D eigenvalue weighted by atomic mass is 32.2. The van der Waals surface area contributed by atoms with Gasteiger partial charge in [0.15, 0.2) is 15.7 Å². The molecule has 8 nitrogen and oxygen atoms in total. The quantitative estimate of drug-likeness (QED) is 0.622. The van der Waals surface area contributed by atoms with E-state index in [1.54, 1.807) is 16.8 Å². The van der Waals surface area contributed by atoms with Crippen molar-refractivity contribution in [2.45, 2.75) is 38.2 Å². The lowest BCUT2D eigenvalue weighted by Crippen LogP contribution is -2.61. The molecule has 1 aromatic carbocycles. The van der Waals surface area contributed by atoms with E-state index in [0.717, 1.165) is 50.5 Å². The SMILES string of the molecule is Cc1cc(N2CCN3CC(N4CCS(=O)(=O)CC4)CC[C@H]3C2)nn1-c1ccc(OC(F)(F)F)cc1. The summed E-state index contributed by atoms with van der Waals surface area (Å²) in [6.45, 7) is 6.80. The molecule has 3 fully saturated rings. The van der Waals surface area contributed by atoms with Crippen LogP contribution in [0.15, 0.2) is 30.3 Å². The minimum atomic E-state index is -4.72. The number of rotatable bonds is 4. The molecule has 3 aliphatic heterocycles. The van der Waals surface area contributed by atoms with E-state index in [-0.39, 0.29) is 17.3 Å². The number of aromatic nitrogens is 2. The molecule has 0 saturated carbocycles. The summed E-state index contributed by atoms with van der Waals surface area (Å²) in [4.78, 5) is 7.15. The lowest BCUT2D eigenvalue weighted by Gasteiger charge is -2.49. The average Bonchev–Trinajstić information content (AvgIpc) is 3.19. The van der Waals surface area contributed by atoms with E-state index in [0.29, 0.717) is 30.9 Å². The van der Waals surface area contributed by atoms with E-state index in [9.17, 15) is 21.6 Å². The molecule has 192 valence electrons. The first kappa shape index (κ1) is 24.4. The number of fused-ring (bicyclic) bond motifs is 1. The van der Waals surface area contributed by atoms with Crippen LogP contribution in [0.3, 0.4) is 0 Å². The van der Waals surface area contributed by atoms with Gasteiger partial charge in [0, 0.05) is 63.1 Å². The van der Waals surface area contributed by atoms with Crippen molar-refractivity contribution in [1.82, 2.24) is 19.6 Å². The maximum absolute atomic E-state index is 12.4. The molecule has 35 heavy (non-hydrogen) atoms. The Morgan fingerprint density at radius 2 is 1.60 bits per heavy atom. The number of hydrogen-bond donors (Lipinski definition) is 0. The van der Waals surface area contributed by atoms with Gasteiger partial charge in [-0.3, -0.25) is 9.80 Å². The van der Waals surface area contributed by atoms with Gasteiger partial charge in [0.2, 0.25) is 0 Å². The maximum Gasteiger partial charge on any atom is 0.573 e. The molecule has 0 spiro atoms. The number of piperidine rings is 1. The number of ether oxygens (including phenoxy) is 1. The Morgan fingerprint density at radius 3 is 2.26 bits per heavy atom. The Balaban J connectivity index is 1.21. The molecule has 5 rings (SSSR count). The van der Waals surface area contributed by atoms with Gasteiger partial charge in [0.25, 0.3) is 0 Å². The van der Waals surface area contributed by atoms with Crippen molar-refractivity contribution in [3.05, 3.63) is 36.0 Å². The summed E-state index contributed by atoms with van der Waals surface area (Å²) in [5.74, 6) is 1.13. The molecule has 3 aliphatic rings. The Bertz CT molecular complexity index is 1140. The number of anilines is 1. The van der Waals surface area contributed by atoms with Crippen molar-refractivity contribution in [1.29, 1.82) is 0 Å². The predicted octanol–water partition coefficient (Wildman–Crippen LogP) is 2.46. The lowest BCUT2D eigenvalue weighted by atomic mass is 9.95. The van der Waals surface area contributed by atoms with Crippen LogP contribution < -0.4 is 9.64 Å². The molecule has 0 amide bonds. The van der Waals surface area contributed by atoms with Gasteiger partial charge in [-0.15, -0.1) is 13.2 Å². The summed E-state index contributed by atoms with van der Waals surface area (Å²) < 4.78 is 66.5. The fourth-order valence-electron chi connectivity index (χ4n) is 5.41. The largest absolute Gasteiger partial charge is 0.573 e. The number of aryl methyl sites for hydroxylation is 1. The van der Waals surface area contributed by atoms with E-state index in [1.165, 1.54) is 12.1 Å². The smallest absolute Gasteiger partial charge is 0.406 e. The third-order valence-corrected chi connectivity index (χ3v) is 8.90. The number of halogens is 3. The summed E-state index contributed by atoms with van der Waals surface area (Å²) in [5.41, 5.74) is 1.57. The number of piperazine rings is 1. The first-order chi connectivity index (χ1) is 16.6. The van der Waals surface area contributed by atoms with Crippen molar-refractivity contribution in [3.8, 4) is 11.4 Å². The summed E-state index contributed by atoms with van der Waals surface area (Å²) in [5, 5.41) is 4.74. The van der Waals surface area contributed by atoms with Gasteiger partial charge in [0.05, 0.1) is 17.2 Å². The molecule has 1 aromatic heterocycles. The zero-order chi connectivity index (χ0) is 24.8. The Kier molecular flexibility index (Phi) is 6.47. The van der Waals surface area contributed by atoms with Gasteiger partial charge >= 0.3 is 6.36 Å². The first-order valence-electron chi connectivity index (χ1n) is 11.9. The van der Waals surface area contributed by atoms with Crippen LogP contribution in [0.2, 0.25) is 0 Å². The zero-order valence-corrected chi connectivity index (χ0v) is 20.4. The molecule has 0 aliphatic carbocycles. The van der Waals surface area contributed by atoms with Crippen LogP contribution >= 0.6 is 0 Å². The van der Waals surface area contributed by atoms with Crippen molar-refractivity contribution < 1.29 is 26.3 Å². The van der Waals surface area contributed by atoms with Gasteiger partial charge in [-0.25, -0.2) is 13.1 Å². The maximum atomic E-state index is 12.4. The molecule has 4 heterocycles. The minimum Gasteiger partial charge on any atom is -0.406 e. The molecule has 2 atom stereocenters. The van der Waals surface area contributed by atoms with Crippen molar-refractivity contribution >= 4 is 15.7 Å². The van der Waals surface area contributed by atoms with Gasteiger partial charge in [-0.2, -0.15) is 5.10 Å². The monoisotopic (exact) mass is 513 g/mol. The van der Waals surface area contributed by atoms with Gasteiger partial charge in [-0.1, -0.05) is 0 Å². The fraction of sp³-hybridized carbons (Fsp3) is 0.609. The summed E-state index contributed by atoms with van der Waals surface area (Å²) in [6, 6.07) is 8.57. The van der Waals surface area contributed by atoms with Crippen LogP contribution in [0.4, 0.5) is 19.0 Å². The standard InChI is InChI=1S/C23H30F3N5O3S/c1-17-14-22(27-31(17)18-4-6-21(7-5-18)34-23(24,25)26)30-9-8-29-15-19(2-3-20(29)16-30)28-10-12-35(32,33)13-11-28/h4-7,14,19-20H,2-3,8-13,15-16H2,1H3/t19?,20-/m0/s1. The highest BCUT2D eigenvalue weighted by Crippen LogP contribution is 2.29. The normalized spacial score (nSPS) is 25.9. The van der Waals surface area contributed by atoms with Crippen LogP contribution in [0.1, 0.15) is 18.5 Å². The lowest BCUT2D eigenvalue weighted by molar-refractivity contribution is -0.274. The summed E-state index contributed by atoms with van der Waals surface area (Å²) >= 11 is 0. The van der Waals surface area contributed by atoms with Gasteiger partial charge in [0.1, 0.15) is 5.75 Å². The van der Waals surface area contributed by atoms with E-state index in [1.807, 2.05) is 13.0 Å². The molecule has 1 unspecified atom stereocenters. The highest BCUT2D eigenvalue weighted by molar-refractivity contribution is 7.91. The molecule has 0 N–H and O–H groups in total. The van der Waals surface area contributed by atoms with Crippen molar-refractivity contribution in [2.24, 2.45) is 0 Å². The number of alkyl halides is 3. The van der Waals surface area contributed by atoms with Crippen molar-refractivity contribution in [3.63, 3.8) is 0 Å². The third kappa shape index (κ3) is 5.59. The van der Waals surface area contributed by atoms with E-state index >= 15 is 0 Å². The molecule has 2 aromatic rings. The third-order valence-electron chi connectivity index (χ3n) is 7.29.